The molecule has 112 valence electrons. The van der Waals surface area contributed by atoms with Crippen LogP contribution in [0.4, 0.5) is 4.39 Å². The second-order valence-electron chi connectivity index (χ2n) is 5.09. The minimum Gasteiger partial charge on any atom is -0.306 e. The summed E-state index contributed by atoms with van der Waals surface area (Å²) in [6, 6.07) is 8.88. The van der Waals surface area contributed by atoms with Gasteiger partial charge in [-0.1, -0.05) is 48.3 Å². The molecule has 2 rings (SSSR count). The van der Waals surface area contributed by atoms with Gasteiger partial charge in [0.25, 0.3) is 0 Å². The van der Waals surface area contributed by atoms with Gasteiger partial charge in [0, 0.05) is 10.0 Å². The van der Waals surface area contributed by atoms with Gasteiger partial charge in [-0.25, -0.2) is 4.39 Å². The Balaban J connectivity index is 2.59. The van der Waals surface area contributed by atoms with Crippen molar-refractivity contribution in [3.05, 3.63) is 68.4 Å². The van der Waals surface area contributed by atoms with E-state index in [4.69, 9.17) is 23.2 Å². The van der Waals surface area contributed by atoms with Gasteiger partial charge < -0.3 is 5.32 Å². The first kappa shape index (κ1) is 16.3. The van der Waals surface area contributed by atoms with Crippen molar-refractivity contribution in [2.24, 2.45) is 0 Å². The molecule has 0 aliphatic rings. The highest BCUT2D eigenvalue weighted by atomic mass is 35.5. The quantitative estimate of drug-likeness (QED) is 0.788. The monoisotopic (exact) mass is 325 g/mol. The molecule has 0 fully saturated rings. The summed E-state index contributed by atoms with van der Waals surface area (Å²) < 4.78 is 13.6. The van der Waals surface area contributed by atoms with Crippen LogP contribution in [0.1, 0.15) is 35.2 Å². The molecule has 0 saturated carbocycles. The van der Waals surface area contributed by atoms with Gasteiger partial charge in [-0.05, 0) is 54.8 Å². The van der Waals surface area contributed by atoms with E-state index >= 15 is 0 Å². The molecule has 0 aliphatic carbocycles. The zero-order valence-electron chi connectivity index (χ0n) is 12.3. The molecular formula is C17H18Cl2FN. The van der Waals surface area contributed by atoms with E-state index in [1.165, 1.54) is 6.07 Å². The fourth-order valence-electron chi connectivity index (χ4n) is 2.39. The summed E-state index contributed by atoms with van der Waals surface area (Å²) in [5.74, 6) is -0.297. The number of halogens is 3. The third kappa shape index (κ3) is 3.39. The number of hydrogen-bond donors (Lipinski definition) is 1. The summed E-state index contributed by atoms with van der Waals surface area (Å²) in [5.41, 5.74) is 3.37. The predicted molar refractivity (Wildman–Crippen MR) is 87.9 cm³/mol. The van der Waals surface area contributed by atoms with E-state index in [0.717, 1.165) is 23.2 Å². The van der Waals surface area contributed by atoms with Gasteiger partial charge in [0.05, 0.1) is 6.04 Å². The van der Waals surface area contributed by atoms with Gasteiger partial charge in [0.2, 0.25) is 0 Å². The van der Waals surface area contributed by atoms with Gasteiger partial charge in [0.1, 0.15) is 5.82 Å². The van der Waals surface area contributed by atoms with E-state index in [2.05, 4.69) is 5.32 Å². The lowest BCUT2D eigenvalue weighted by molar-refractivity contribution is 0.606. The van der Waals surface area contributed by atoms with Crippen LogP contribution in [0, 0.1) is 19.7 Å². The molecule has 0 bridgehead atoms. The molecule has 1 N–H and O–H groups in total. The summed E-state index contributed by atoms with van der Waals surface area (Å²) in [7, 11) is 0. The molecule has 21 heavy (non-hydrogen) atoms. The molecule has 4 heteroatoms. The first-order chi connectivity index (χ1) is 9.95. The zero-order valence-corrected chi connectivity index (χ0v) is 13.8. The fraction of sp³-hybridized carbons (Fsp3) is 0.294. The molecule has 0 amide bonds. The fourth-order valence-corrected chi connectivity index (χ4v) is 2.88. The molecule has 2 aromatic rings. The van der Waals surface area contributed by atoms with E-state index < -0.39 is 0 Å². The Labute approximate surface area is 135 Å². The minimum absolute atomic E-state index is 0.158. The molecule has 0 heterocycles. The van der Waals surface area contributed by atoms with Crippen LogP contribution >= 0.6 is 23.2 Å². The predicted octanol–water partition coefficient (Wildman–Crippen LogP) is 5.45. The van der Waals surface area contributed by atoms with Crippen molar-refractivity contribution in [2.45, 2.75) is 26.8 Å². The van der Waals surface area contributed by atoms with E-state index in [-0.39, 0.29) is 11.9 Å². The van der Waals surface area contributed by atoms with E-state index in [1.54, 1.807) is 13.0 Å². The first-order valence-electron chi connectivity index (χ1n) is 6.89. The topological polar surface area (TPSA) is 12.0 Å². The highest BCUT2D eigenvalue weighted by Crippen LogP contribution is 2.34. The number of nitrogens with one attached hydrogen (secondary N) is 1. The summed E-state index contributed by atoms with van der Waals surface area (Å²) in [6.45, 7) is 6.46. The van der Waals surface area contributed by atoms with Gasteiger partial charge in [0.15, 0.2) is 0 Å². The number of rotatable bonds is 4. The Morgan fingerprint density at radius 2 is 1.81 bits per heavy atom. The van der Waals surface area contributed by atoms with Gasteiger partial charge in [-0.2, -0.15) is 0 Å². The zero-order chi connectivity index (χ0) is 15.6. The molecule has 1 nitrogen and oxygen atoms in total. The van der Waals surface area contributed by atoms with Gasteiger partial charge in [-0.15, -0.1) is 0 Å². The van der Waals surface area contributed by atoms with Crippen molar-refractivity contribution >= 4 is 23.2 Å². The number of hydrogen-bond acceptors (Lipinski definition) is 1. The molecule has 0 aromatic heterocycles. The lowest BCUT2D eigenvalue weighted by atomic mass is 9.95. The Bertz CT molecular complexity index is 655. The molecule has 0 aliphatic heterocycles. The van der Waals surface area contributed by atoms with Crippen LogP contribution in [0.25, 0.3) is 0 Å². The Morgan fingerprint density at radius 3 is 2.48 bits per heavy atom. The normalized spacial score (nSPS) is 12.5. The maximum Gasteiger partial charge on any atom is 0.127 e. The molecule has 1 unspecified atom stereocenters. The van der Waals surface area contributed by atoms with Crippen molar-refractivity contribution in [3.63, 3.8) is 0 Å². The average molecular weight is 326 g/mol. The minimum atomic E-state index is -0.297. The molecule has 0 spiro atoms. The van der Waals surface area contributed by atoms with Crippen LogP contribution in [-0.2, 0) is 0 Å². The standard InChI is InChI=1S/C17H18Cl2FN/c1-4-21-17(12-7-5-6-10(2)16(12)19)13-8-11(3)15(20)9-14(13)18/h5-9,17,21H,4H2,1-3H3. The largest absolute Gasteiger partial charge is 0.306 e. The van der Waals surface area contributed by atoms with E-state index in [0.29, 0.717) is 15.6 Å². The molecule has 1 atom stereocenters. The molecular weight excluding hydrogens is 308 g/mol. The lowest BCUT2D eigenvalue weighted by Crippen LogP contribution is -2.23. The van der Waals surface area contributed by atoms with Gasteiger partial charge in [-0.3, -0.25) is 0 Å². The maximum absolute atomic E-state index is 13.6. The third-order valence-corrected chi connectivity index (χ3v) is 4.37. The second-order valence-corrected chi connectivity index (χ2v) is 5.88. The number of benzene rings is 2. The first-order valence-corrected chi connectivity index (χ1v) is 7.65. The summed E-state index contributed by atoms with van der Waals surface area (Å²) in [4.78, 5) is 0. The Kier molecular flexibility index (Phi) is 5.26. The smallest absolute Gasteiger partial charge is 0.127 e. The Morgan fingerprint density at radius 1 is 1.10 bits per heavy atom. The maximum atomic E-state index is 13.6. The summed E-state index contributed by atoms with van der Waals surface area (Å²) in [6.07, 6.45) is 0. The van der Waals surface area contributed by atoms with Crippen LogP contribution < -0.4 is 5.32 Å². The van der Waals surface area contributed by atoms with Crippen LogP contribution in [0.3, 0.4) is 0 Å². The average Bonchev–Trinajstić information content (AvgIpc) is 2.44. The van der Waals surface area contributed by atoms with Crippen LogP contribution in [0.2, 0.25) is 10.0 Å². The lowest BCUT2D eigenvalue weighted by Gasteiger charge is -2.22. The van der Waals surface area contributed by atoms with Gasteiger partial charge >= 0.3 is 0 Å². The highest BCUT2D eigenvalue weighted by molar-refractivity contribution is 6.32. The van der Waals surface area contributed by atoms with Crippen LogP contribution in [0.5, 0.6) is 0 Å². The molecule has 0 saturated heterocycles. The third-order valence-electron chi connectivity index (χ3n) is 3.53. The Hall–Kier alpha value is -1.09. The van der Waals surface area contributed by atoms with Crippen molar-refractivity contribution < 1.29 is 4.39 Å². The molecule has 0 radical (unpaired) electrons. The SMILES string of the molecule is CCNC(c1cc(C)c(F)cc1Cl)c1cccc(C)c1Cl. The summed E-state index contributed by atoms with van der Waals surface area (Å²) in [5, 5.41) is 4.49. The van der Waals surface area contributed by atoms with Crippen molar-refractivity contribution in [2.75, 3.05) is 6.54 Å². The molecule has 2 aromatic carbocycles. The van der Waals surface area contributed by atoms with Crippen molar-refractivity contribution in [1.82, 2.24) is 5.32 Å². The second kappa shape index (κ2) is 6.78. The number of aryl methyl sites for hydroxylation is 2. The summed E-state index contributed by atoms with van der Waals surface area (Å²) >= 11 is 12.7. The van der Waals surface area contributed by atoms with E-state index in [9.17, 15) is 4.39 Å². The highest BCUT2D eigenvalue weighted by Gasteiger charge is 2.20. The van der Waals surface area contributed by atoms with Crippen LogP contribution in [-0.4, -0.2) is 6.54 Å². The van der Waals surface area contributed by atoms with Crippen LogP contribution in [0.15, 0.2) is 30.3 Å². The van der Waals surface area contributed by atoms with Crippen molar-refractivity contribution in [3.8, 4) is 0 Å². The van der Waals surface area contributed by atoms with E-state index in [1.807, 2.05) is 32.0 Å². The van der Waals surface area contributed by atoms with Crippen molar-refractivity contribution in [1.29, 1.82) is 0 Å².